The van der Waals surface area contributed by atoms with Crippen LogP contribution in [0.25, 0.3) is 0 Å². The van der Waals surface area contributed by atoms with Crippen LogP contribution in [0.3, 0.4) is 0 Å². The highest BCUT2D eigenvalue weighted by Gasteiger charge is 2.16. The lowest BCUT2D eigenvalue weighted by atomic mass is 10.2. The second-order valence-corrected chi connectivity index (χ2v) is 5.30. The maximum absolute atomic E-state index is 4.93. The van der Waals surface area contributed by atoms with Crippen LogP contribution in [0.4, 0.5) is 0 Å². The Bertz CT molecular complexity index is 832. The van der Waals surface area contributed by atoms with Gasteiger partial charge in [-0.25, -0.2) is 0 Å². The van der Waals surface area contributed by atoms with Crippen LogP contribution in [0, 0.1) is 71.5 Å². The number of hydrogen-bond donors (Lipinski definition) is 0. The van der Waals surface area contributed by atoms with E-state index in [2.05, 4.69) is 97.0 Å². The van der Waals surface area contributed by atoms with E-state index in [-0.39, 0.29) is 0 Å². The minimum Gasteiger partial charge on any atom is -0.106 e. The molecule has 0 atom stereocenters. The Balaban J connectivity index is 2.68. The molecule has 1 rings (SSSR count). The van der Waals surface area contributed by atoms with Gasteiger partial charge in [0.1, 0.15) is 0 Å². The van der Waals surface area contributed by atoms with Gasteiger partial charge in [-0.2, -0.15) is 0 Å². The normalized spacial score (nSPS) is 11.1. The van der Waals surface area contributed by atoms with Crippen molar-refractivity contribution in [2.24, 2.45) is 0 Å². The summed E-state index contributed by atoms with van der Waals surface area (Å²) < 4.78 is 2.21. The summed E-state index contributed by atoms with van der Waals surface area (Å²) in [5.41, 5.74) is 2.11. The summed E-state index contributed by atoms with van der Waals surface area (Å²) in [5.74, 6) is 28.1. The summed E-state index contributed by atoms with van der Waals surface area (Å²) in [6, 6.07) is 0. The first-order chi connectivity index (χ1) is 9.66. The second-order valence-electron chi connectivity index (χ2n) is 3.38. The Morgan fingerprint density at radius 2 is 1.30 bits per heavy atom. The van der Waals surface area contributed by atoms with Gasteiger partial charge in [-0.1, -0.05) is 37.8 Å². The first-order valence-corrected chi connectivity index (χ1v) is 6.96. The first kappa shape index (κ1) is 15.9. The third kappa shape index (κ3) is 5.20. The average Bonchev–Trinajstić information content (AvgIpc) is 2.67. The van der Waals surface area contributed by atoms with Crippen molar-refractivity contribution in [2.75, 3.05) is 0 Å². The molecule has 0 aromatic carbocycles. The lowest BCUT2D eigenvalue weighted by molar-refractivity contribution is 1.38. The van der Waals surface area contributed by atoms with E-state index in [4.69, 9.17) is 6.42 Å². The first-order valence-electron chi connectivity index (χ1n) is 5.37. The lowest BCUT2D eigenvalue weighted by Crippen LogP contribution is -1.77. The molecule has 0 amide bonds. The lowest BCUT2D eigenvalue weighted by Gasteiger charge is -1.92. The molecular weight excluding hydrogens is 376 g/mol. The summed E-state index contributed by atoms with van der Waals surface area (Å²) in [7, 11) is 0. The summed E-state index contributed by atoms with van der Waals surface area (Å²) in [4.78, 5) is 0. The van der Waals surface area contributed by atoms with E-state index in [1.807, 2.05) is 6.92 Å². The predicted octanol–water partition coefficient (Wildman–Crippen LogP) is 3.36. The largest absolute Gasteiger partial charge is 0.106 e. The van der Waals surface area contributed by atoms with Crippen molar-refractivity contribution in [3.63, 3.8) is 0 Å². The molecule has 0 N–H and O–H groups in total. The predicted molar refractivity (Wildman–Crippen MR) is 89.9 cm³/mol. The molecule has 0 radical (unpaired) electrons. The zero-order valence-corrected chi connectivity index (χ0v) is 13.7. The zero-order valence-electron chi connectivity index (χ0n) is 10.5. The third-order valence-electron chi connectivity index (χ3n) is 2.12. The summed E-state index contributed by atoms with van der Waals surface area (Å²) in [6.45, 7) is 2.02. The molecule has 2 heteroatoms. The monoisotopic (exact) mass is 380 g/mol. The molecule has 0 saturated heterocycles. The van der Waals surface area contributed by atoms with Gasteiger partial charge in [0.15, 0.2) is 0 Å². The molecule has 0 fully saturated rings. The number of hydrogen-bond acceptors (Lipinski definition) is 0. The van der Waals surface area contributed by atoms with Crippen LogP contribution in [0.1, 0.15) is 13.3 Å². The van der Waals surface area contributed by atoms with Crippen LogP contribution in [-0.2, 0) is 0 Å². The van der Waals surface area contributed by atoms with Crippen LogP contribution < -0.4 is 0 Å². The van der Waals surface area contributed by atoms with Gasteiger partial charge < -0.3 is 0 Å². The van der Waals surface area contributed by atoms with Gasteiger partial charge in [-0.3, -0.25) is 0 Å². The van der Waals surface area contributed by atoms with Gasteiger partial charge in [0, 0.05) is 21.0 Å². The Morgan fingerprint density at radius 3 is 1.75 bits per heavy atom. The van der Waals surface area contributed by atoms with E-state index in [9.17, 15) is 0 Å². The standard InChI is InChI=1S/C18H6Br2/c1-3-4-5-6-7-8-9-10-11-12-13-16-15(2)17(19)14-18(16)20/h1H,14H2,2H3. The van der Waals surface area contributed by atoms with Crippen molar-refractivity contribution in [2.45, 2.75) is 13.3 Å². The van der Waals surface area contributed by atoms with E-state index in [1.54, 1.807) is 0 Å². The van der Waals surface area contributed by atoms with Gasteiger partial charge in [0.2, 0.25) is 0 Å². The highest BCUT2D eigenvalue weighted by atomic mass is 79.9. The summed E-state index contributed by atoms with van der Waals surface area (Å²) >= 11 is 6.99. The highest BCUT2D eigenvalue weighted by molar-refractivity contribution is 9.12. The maximum Gasteiger partial charge on any atom is 0.0397 e. The van der Waals surface area contributed by atoms with Crippen molar-refractivity contribution in [1.29, 1.82) is 0 Å². The molecule has 0 saturated carbocycles. The molecule has 0 aromatic heterocycles. The molecule has 1 aliphatic rings. The van der Waals surface area contributed by atoms with Crippen LogP contribution in [0.2, 0.25) is 0 Å². The number of terminal acetylenes is 1. The Labute approximate surface area is 136 Å². The molecule has 0 aliphatic heterocycles. The molecular formula is C18H6Br2. The van der Waals surface area contributed by atoms with Crippen molar-refractivity contribution in [1.82, 2.24) is 0 Å². The third-order valence-corrected chi connectivity index (χ3v) is 3.68. The number of allylic oxidation sites excluding steroid dienone is 4. The van der Waals surface area contributed by atoms with E-state index < -0.39 is 0 Å². The highest BCUT2D eigenvalue weighted by Crippen LogP contribution is 2.37. The minimum absolute atomic E-state index is 0.845. The molecule has 0 nitrogen and oxygen atoms in total. The van der Waals surface area contributed by atoms with Gasteiger partial charge >= 0.3 is 0 Å². The molecule has 0 aromatic rings. The van der Waals surface area contributed by atoms with Crippen LogP contribution in [0.5, 0.6) is 0 Å². The Morgan fingerprint density at radius 1 is 0.800 bits per heavy atom. The van der Waals surface area contributed by atoms with Crippen LogP contribution >= 0.6 is 31.9 Å². The van der Waals surface area contributed by atoms with E-state index in [0.717, 1.165) is 26.5 Å². The van der Waals surface area contributed by atoms with Gasteiger partial charge in [-0.15, -0.1) is 6.42 Å². The average molecular weight is 382 g/mol. The van der Waals surface area contributed by atoms with Gasteiger partial charge in [0.25, 0.3) is 0 Å². The molecule has 0 heterocycles. The van der Waals surface area contributed by atoms with Crippen molar-refractivity contribution < 1.29 is 0 Å². The minimum atomic E-state index is 0.845. The molecule has 1 aliphatic carbocycles. The van der Waals surface area contributed by atoms with E-state index in [0.29, 0.717) is 0 Å². The fourth-order valence-electron chi connectivity index (χ4n) is 1.21. The van der Waals surface area contributed by atoms with E-state index >= 15 is 0 Å². The maximum atomic E-state index is 4.93. The zero-order chi connectivity index (χ0) is 14.8. The fourth-order valence-corrected chi connectivity index (χ4v) is 2.74. The quantitative estimate of drug-likeness (QED) is 0.564. The van der Waals surface area contributed by atoms with Crippen molar-refractivity contribution >= 4 is 31.9 Å². The van der Waals surface area contributed by atoms with Crippen molar-refractivity contribution in [3.8, 4) is 71.5 Å². The van der Waals surface area contributed by atoms with Gasteiger partial charge in [-0.05, 0) is 71.7 Å². The second kappa shape index (κ2) is 8.82. The Kier molecular flexibility index (Phi) is 7.00. The summed E-state index contributed by atoms with van der Waals surface area (Å²) in [6.07, 6.45) is 5.77. The molecule has 0 bridgehead atoms. The smallest absolute Gasteiger partial charge is 0.0397 e. The fraction of sp³-hybridized carbons (Fsp3) is 0.111. The molecule has 0 spiro atoms. The van der Waals surface area contributed by atoms with Crippen molar-refractivity contribution in [3.05, 3.63) is 20.1 Å². The summed E-state index contributed by atoms with van der Waals surface area (Å²) in [5, 5.41) is 0. The number of rotatable bonds is 0. The topological polar surface area (TPSA) is 0 Å². The van der Waals surface area contributed by atoms with Crippen LogP contribution in [0.15, 0.2) is 20.1 Å². The van der Waals surface area contributed by atoms with E-state index in [1.165, 1.54) is 0 Å². The molecule has 20 heavy (non-hydrogen) atoms. The Hall–Kier alpha value is -2.20. The number of halogens is 2. The van der Waals surface area contributed by atoms with Crippen LogP contribution in [-0.4, -0.2) is 0 Å². The molecule has 0 unspecified atom stereocenters. The molecule has 92 valence electrons. The SMILES string of the molecule is C#CC#CC#CC#CC#CC#CC1=C(Br)CC(Br)=C1C. The van der Waals surface area contributed by atoms with Gasteiger partial charge in [0.05, 0.1) is 0 Å².